The van der Waals surface area contributed by atoms with Crippen molar-refractivity contribution in [2.24, 2.45) is 0 Å². The molecule has 0 bridgehead atoms. The van der Waals surface area contributed by atoms with Gasteiger partial charge in [0, 0.05) is 14.9 Å². The first-order valence-corrected chi connectivity index (χ1v) is 7.11. The van der Waals surface area contributed by atoms with Crippen LogP contribution in [0.25, 0.3) is 0 Å². The predicted octanol–water partition coefficient (Wildman–Crippen LogP) is 4.83. The second-order valence-corrected chi connectivity index (χ2v) is 5.76. The maximum absolute atomic E-state index is 12.4. The summed E-state index contributed by atoms with van der Waals surface area (Å²) in [6, 6.07) is 4.55. The first kappa shape index (κ1) is 15.3. The Morgan fingerprint density at radius 2 is 2.10 bits per heavy atom. The van der Waals surface area contributed by atoms with Crippen LogP contribution in [0.15, 0.2) is 28.1 Å². The SMILES string of the molecule is O=C(Nc1nc(C(F)(F)F)cs1)c1cc(Cl)ccc1Br. The lowest BCUT2D eigenvalue weighted by atomic mass is 10.2. The van der Waals surface area contributed by atoms with E-state index in [1.54, 1.807) is 12.1 Å². The van der Waals surface area contributed by atoms with Gasteiger partial charge in [-0.2, -0.15) is 13.2 Å². The number of nitrogens with one attached hydrogen (secondary N) is 1. The van der Waals surface area contributed by atoms with Crippen molar-refractivity contribution < 1.29 is 18.0 Å². The van der Waals surface area contributed by atoms with Crippen LogP contribution in [0.1, 0.15) is 16.1 Å². The van der Waals surface area contributed by atoms with Crippen LogP contribution in [0.2, 0.25) is 5.02 Å². The van der Waals surface area contributed by atoms with Crippen LogP contribution < -0.4 is 5.32 Å². The summed E-state index contributed by atoms with van der Waals surface area (Å²) in [5, 5.41) is 3.35. The minimum atomic E-state index is -4.53. The molecule has 2 rings (SSSR count). The lowest BCUT2D eigenvalue weighted by Crippen LogP contribution is -2.13. The summed E-state index contributed by atoms with van der Waals surface area (Å²) in [6.07, 6.45) is -4.53. The van der Waals surface area contributed by atoms with Gasteiger partial charge < -0.3 is 0 Å². The molecule has 1 heterocycles. The van der Waals surface area contributed by atoms with Gasteiger partial charge in [-0.3, -0.25) is 10.1 Å². The van der Waals surface area contributed by atoms with Gasteiger partial charge in [0.2, 0.25) is 0 Å². The number of anilines is 1. The Morgan fingerprint density at radius 1 is 1.40 bits per heavy atom. The van der Waals surface area contributed by atoms with Crippen molar-refractivity contribution in [3.8, 4) is 0 Å². The Labute approximate surface area is 128 Å². The molecule has 1 aromatic carbocycles. The third-order valence-electron chi connectivity index (χ3n) is 2.19. The molecule has 20 heavy (non-hydrogen) atoms. The van der Waals surface area contributed by atoms with E-state index in [4.69, 9.17) is 11.6 Å². The standard InChI is InChI=1S/C11H5BrClF3N2OS/c12-7-2-1-5(13)3-6(7)9(19)18-10-17-8(4-20-10)11(14,15)16/h1-4H,(H,17,18,19). The topological polar surface area (TPSA) is 42.0 Å². The van der Waals surface area contributed by atoms with Crippen LogP contribution in [0, 0.1) is 0 Å². The average molecular weight is 386 g/mol. The smallest absolute Gasteiger partial charge is 0.298 e. The number of amides is 1. The lowest BCUT2D eigenvalue weighted by molar-refractivity contribution is -0.140. The highest BCUT2D eigenvalue weighted by atomic mass is 79.9. The average Bonchev–Trinajstić information content (AvgIpc) is 2.80. The summed E-state index contributed by atoms with van der Waals surface area (Å²) in [5.74, 6) is -0.595. The number of hydrogen-bond donors (Lipinski definition) is 1. The summed E-state index contributed by atoms with van der Waals surface area (Å²) in [5.41, 5.74) is -0.829. The molecule has 106 valence electrons. The van der Waals surface area contributed by atoms with Crippen molar-refractivity contribution in [3.63, 3.8) is 0 Å². The highest BCUT2D eigenvalue weighted by Crippen LogP contribution is 2.32. The first-order valence-electron chi connectivity index (χ1n) is 5.06. The molecule has 0 saturated carbocycles. The van der Waals surface area contributed by atoms with Crippen LogP contribution in [0.4, 0.5) is 18.3 Å². The van der Waals surface area contributed by atoms with E-state index in [9.17, 15) is 18.0 Å². The Hall–Kier alpha value is -1.12. The van der Waals surface area contributed by atoms with E-state index in [-0.39, 0.29) is 10.7 Å². The number of hydrogen-bond acceptors (Lipinski definition) is 3. The maximum atomic E-state index is 12.4. The number of halogens is 5. The predicted molar refractivity (Wildman–Crippen MR) is 74.2 cm³/mol. The molecule has 0 aliphatic carbocycles. The molecular formula is C11H5BrClF3N2OS. The molecule has 1 amide bonds. The van der Waals surface area contributed by atoms with Crippen molar-refractivity contribution in [1.82, 2.24) is 4.98 Å². The number of nitrogens with zero attached hydrogens (tertiary/aromatic N) is 1. The molecule has 0 atom stereocenters. The first-order chi connectivity index (χ1) is 9.27. The molecule has 9 heteroatoms. The van der Waals surface area contributed by atoms with Crippen LogP contribution in [-0.4, -0.2) is 10.9 Å². The fourth-order valence-corrected chi connectivity index (χ4v) is 2.61. The molecule has 0 aliphatic heterocycles. The van der Waals surface area contributed by atoms with E-state index < -0.39 is 17.8 Å². The number of carbonyl (C=O) groups excluding carboxylic acids is 1. The van der Waals surface area contributed by atoms with Crippen LogP contribution in [-0.2, 0) is 6.18 Å². The minimum Gasteiger partial charge on any atom is -0.298 e. The number of thiazole rings is 1. The van der Waals surface area contributed by atoms with Gasteiger partial charge in [0.25, 0.3) is 5.91 Å². The molecule has 1 aromatic heterocycles. The van der Waals surface area contributed by atoms with Crippen molar-refractivity contribution in [2.45, 2.75) is 6.18 Å². The van der Waals surface area contributed by atoms with Crippen LogP contribution in [0.5, 0.6) is 0 Å². The van der Waals surface area contributed by atoms with Gasteiger partial charge in [-0.1, -0.05) is 11.6 Å². The summed E-state index contributed by atoms with van der Waals surface area (Å²) < 4.78 is 37.6. The van der Waals surface area contributed by atoms with Gasteiger partial charge in [0.1, 0.15) is 0 Å². The van der Waals surface area contributed by atoms with E-state index in [1.165, 1.54) is 6.07 Å². The van der Waals surface area contributed by atoms with Gasteiger partial charge in [0.05, 0.1) is 5.56 Å². The van der Waals surface area contributed by atoms with Gasteiger partial charge in [-0.25, -0.2) is 4.98 Å². The number of alkyl halides is 3. The van der Waals surface area contributed by atoms with E-state index in [0.717, 1.165) is 5.38 Å². The third kappa shape index (κ3) is 3.50. The zero-order valence-corrected chi connectivity index (χ0v) is 12.6. The molecule has 3 nitrogen and oxygen atoms in total. The van der Waals surface area contributed by atoms with Crippen molar-refractivity contribution in [1.29, 1.82) is 0 Å². The fraction of sp³-hybridized carbons (Fsp3) is 0.0909. The van der Waals surface area contributed by atoms with Crippen LogP contribution >= 0.6 is 38.9 Å². The number of benzene rings is 1. The zero-order chi connectivity index (χ0) is 14.9. The largest absolute Gasteiger partial charge is 0.434 e. The summed E-state index contributed by atoms with van der Waals surface area (Å²) in [4.78, 5) is 15.2. The Kier molecular flexibility index (Phi) is 4.36. The number of carbonyl (C=O) groups is 1. The summed E-state index contributed by atoms with van der Waals surface area (Å²) >= 11 is 9.63. The van der Waals surface area contributed by atoms with Crippen molar-refractivity contribution >= 4 is 49.9 Å². The molecule has 0 spiro atoms. The maximum Gasteiger partial charge on any atom is 0.434 e. The normalized spacial score (nSPS) is 11.4. The van der Waals surface area contributed by atoms with E-state index in [1.807, 2.05) is 0 Å². The highest BCUT2D eigenvalue weighted by molar-refractivity contribution is 9.10. The molecule has 2 aromatic rings. The molecule has 0 aliphatic rings. The molecule has 0 radical (unpaired) electrons. The molecule has 1 N–H and O–H groups in total. The fourth-order valence-electron chi connectivity index (χ4n) is 1.30. The molecule has 0 saturated heterocycles. The van der Waals surface area contributed by atoms with Gasteiger partial charge in [-0.15, -0.1) is 11.3 Å². The number of aromatic nitrogens is 1. The third-order valence-corrected chi connectivity index (χ3v) is 3.87. The van der Waals surface area contributed by atoms with Gasteiger partial charge >= 0.3 is 6.18 Å². The number of rotatable bonds is 2. The van der Waals surface area contributed by atoms with E-state index >= 15 is 0 Å². The molecular weight excluding hydrogens is 381 g/mol. The Balaban J connectivity index is 2.20. The van der Waals surface area contributed by atoms with E-state index in [2.05, 4.69) is 26.2 Å². The summed E-state index contributed by atoms with van der Waals surface area (Å²) in [7, 11) is 0. The minimum absolute atomic E-state index is 0.130. The van der Waals surface area contributed by atoms with Gasteiger partial charge in [0.15, 0.2) is 10.8 Å². The van der Waals surface area contributed by atoms with Crippen molar-refractivity contribution in [3.05, 3.63) is 44.3 Å². The van der Waals surface area contributed by atoms with Gasteiger partial charge in [-0.05, 0) is 34.1 Å². The Morgan fingerprint density at radius 3 is 2.70 bits per heavy atom. The Bertz CT molecular complexity index is 659. The highest BCUT2D eigenvalue weighted by Gasteiger charge is 2.34. The quantitative estimate of drug-likeness (QED) is 0.804. The zero-order valence-electron chi connectivity index (χ0n) is 9.46. The lowest BCUT2D eigenvalue weighted by Gasteiger charge is -2.05. The monoisotopic (exact) mass is 384 g/mol. The molecule has 0 unspecified atom stereocenters. The van der Waals surface area contributed by atoms with Crippen molar-refractivity contribution in [2.75, 3.05) is 5.32 Å². The summed E-state index contributed by atoms with van der Waals surface area (Å²) in [6.45, 7) is 0. The molecule has 0 fully saturated rings. The second kappa shape index (κ2) is 5.71. The second-order valence-electron chi connectivity index (χ2n) is 3.61. The van der Waals surface area contributed by atoms with Crippen LogP contribution in [0.3, 0.4) is 0 Å². The van der Waals surface area contributed by atoms with E-state index in [0.29, 0.717) is 20.8 Å².